The third-order valence-electron chi connectivity index (χ3n) is 11.6. The maximum Gasteiger partial charge on any atom is 0.0869 e. The summed E-state index contributed by atoms with van der Waals surface area (Å²) in [6.45, 7) is 0. The molecule has 0 amide bonds. The fourth-order valence-electron chi connectivity index (χ4n) is 9.29. The van der Waals surface area contributed by atoms with E-state index in [-0.39, 0.29) is 11.5 Å². The molecule has 0 radical (unpaired) electrons. The second-order valence-electron chi connectivity index (χ2n) is 14.3. The van der Waals surface area contributed by atoms with Gasteiger partial charge in [-0.15, -0.1) is 0 Å². The number of nitrogens with zero attached hydrogens (tertiary/aromatic N) is 1. The Balaban J connectivity index is 0.980. The number of pyridine rings is 1. The number of dihydropyridines is 1. The van der Waals surface area contributed by atoms with E-state index in [9.17, 15) is 0 Å². The summed E-state index contributed by atoms with van der Waals surface area (Å²) < 4.78 is 0. The number of benzene rings is 7. The van der Waals surface area contributed by atoms with E-state index in [1.165, 1.54) is 77.9 Å². The quantitative estimate of drug-likeness (QED) is 0.201. The highest BCUT2D eigenvalue weighted by Gasteiger charge is 2.51. The Bertz CT molecular complexity index is 2760. The molecule has 3 aliphatic rings. The Kier molecular flexibility index (Phi) is 6.56. The predicted molar refractivity (Wildman–Crippen MR) is 219 cm³/mol. The topological polar surface area (TPSA) is 24.9 Å². The normalized spacial score (nSPS) is 15.5. The minimum Gasteiger partial charge on any atom is -0.379 e. The van der Waals surface area contributed by atoms with Crippen molar-refractivity contribution in [1.29, 1.82) is 0 Å². The molecule has 2 aliphatic carbocycles. The van der Waals surface area contributed by atoms with Crippen molar-refractivity contribution in [3.05, 3.63) is 222 Å². The summed E-state index contributed by atoms with van der Waals surface area (Å²) in [5.74, 6) is 0. The van der Waals surface area contributed by atoms with E-state index in [2.05, 4.69) is 187 Å². The van der Waals surface area contributed by atoms with Gasteiger partial charge in [0, 0.05) is 5.39 Å². The standard InChI is InChI=1S/C51H34N2/c1-5-17-43-38(12-1)39-13-2-6-18-44(39)51(43)45-19-7-3-15-41(45)50-37(16-11-20-46(50)51)35-27-23-33(24-28-35)34-25-29-36(30-26-34)42-32-49(48-22-9-10-31-52-48)53-47-21-8-4-14-40(42)47/h1-32,48,52H. The van der Waals surface area contributed by atoms with Crippen molar-refractivity contribution in [2.45, 2.75) is 11.5 Å². The van der Waals surface area contributed by atoms with E-state index in [1.807, 2.05) is 12.3 Å². The molecule has 53 heavy (non-hydrogen) atoms. The van der Waals surface area contributed by atoms with E-state index in [1.54, 1.807) is 0 Å². The van der Waals surface area contributed by atoms with Crippen molar-refractivity contribution in [2.24, 2.45) is 0 Å². The van der Waals surface area contributed by atoms with Gasteiger partial charge < -0.3 is 5.32 Å². The van der Waals surface area contributed by atoms with Gasteiger partial charge in [-0.1, -0.05) is 170 Å². The molecule has 8 aromatic rings. The van der Waals surface area contributed by atoms with Crippen molar-refractivity contribution in [3.63, 3.8) is 0 Å². The molecule has 248 valence electrons. The Morgan fingerprint density at radius 1 is 0.434 bits per heavy atom. The molecule has 0 fully saturated rings. The van der Waals surface area contributed by atoms with Crippen LogP contribution in [0.4, 0.5) is 0 Å². The van der Waals surface area contributed by atoms with Crippen LogP contribution in [0.25, 0.3) is 66.5 Å². The molecule has 2 nitrogen and oxygen atoms in total. The van der Waals surface area contributed by atoms with E-state index < -0.39 is 0 Å². The highest BCUT2D eigenvalue weighted by atomic mass is 14.9. The fourth-order valence-corrected chi connectivity index (χ4v) is 9.29. The molecular formula is C51H34N2. The molecule has 0 saturated carbocycles. The highest BCUT2D eigenvalue weighted by Crippen LogP contribution is 2.63. The summed E-state index contributed by atoms with van der Waals surface area (Å²) in [5.41, 5.74) is 19.8. The summed E-state index contributed by atoms with van der Waals surface area (Å²) >= 11 is 0. The number of para-hydroxylation sites is 1. The molecule has 0 saturated heterocycles. The first-order chi connectivity index (χ1) is 26.3. The molecule has 1 unspecified atom stereocenters. The van der Waals surface area contributed by atoms with E-state index in [4.69, 9.17) is 4.98 Å². The lowest BCUT2D eigenvalue weighted by atomic mass is 9.70. The zero-order valence-corrected chi connectivity index (χ0v) is 29.0. The number of hydrogen-bond donors (Lipinski definition) is 1. The minimum atomic E-state index is -0.335. The molecule has 2 heteroatoms. The van der Waals surface area contributed by atoms with Gasteiger partial charge in [0.25, 0.3) is 0 Å². The van der Waals surface area contributed by atoms with Crippen molar-refractivity contribution in [2.75, 3.05) is 0 Å². The van der Waals surface area contributed by atoms with Crippen LogP contribution in [0.5, 0.6) is 0 Å². The Morgan fingerprint density at radius 2 is 0.962 bits per heavy atom. The van der Waals surface area contributed by atoms with Crippen LogP contribution in [0.2, 0.25) is 0 Å². The number of nitrogens with one attached hydrogen (secondary N) is 1. The van der Waals surface area contributed by atoms with E-state index in [0.717, 1.165) is 16.6 Å². The second kappa shape index (κ2) is 11.6. The third-order valence-corrected chi connectivity index (χ3v) is 11.6. The largest absolute Gasteiger partial charge is 0.379 e. The molecule has 1 aliphatic heterocycles. The van der Waals surface area contributed by atoms with Gasteiger partial charge in [-0.25, -0.2) is 0 Å². The summed E-state index contributed by atoms with van der Waals surface area (Å²) in [6, 6.07) is 62.8. The summed E-state index contributed by atoms with van der Waals surface area (Å²) in [5, 5.41) is 4.59. The molecule has 0 bridgehead atoms. The number of fused-ring (bicyclic) bond motifs is 11. The molecular weight excluding hydrogens is 641 g/mol. The first-order valence-corrected chi connectivity index (χ1v) is 18.4. The average Bonchev–Trinajstić information content (AvgIpc) is 3.71. The molecule has 1 aromatic heterocycles. The van der Waals surface area contributed by atoms with Crippen molar-refractivity contribution in [3.8, 4) is 55.6 Å². The minimum absolute atomic E-state index is 0.0517. The summed E-state index contributed by atoms with van der Waals surface area (Å²) in [4.78, 5) is 5.01. The maximum atomic E-state index is 5.01. The zero-order chi connectivity index (χ0) is 34.9. The van der Waals surface area contributed by atoms with Crippen LogP contribution in [0.15, 0.2) is 194 Å². The first-order valence-electron chi connectivity index (χ1n) is 18.4. The van der Waals surface area contributed by atoms with Crippen molar-refractivity contribution < 1.29 is 0 Å². The van der Waals surface area contributed by atoms with Crippen molar-refractivity contribution in [1.82, 2.24) is 10.3 Å². The van der Waals surface area contributed by atoms with Gasteiger partial charge in [-0.05, 0) is 102 Å². The molecule has 1 spiro atoms. The molecule has 11 rings (SSSR count). The van der Waals surface area contributed by atoms with Crippen LogP contribution in [0.3, 0.4) is 0 Å². The molecule has 1 atom stereocenters. The van der Waals surface area contributed by atoms with E-state index in [0.29, 0.717) is 0 Å². The Hall–Kier alpha value is -6.77. The van der Waals surface area contributed by atoms with Crippen LogP contribution in [-0.4, -0.2) is 4.98 Å². The zero-order valence-electron chi connectivity index (χ0n) is 29.0. The highest BCUT2D eigenvalue weighted by molar-refractivity contribution is 6.00. The lowest BCUT2D eigenvalue weighted by Crippen LogP contribution is -2.25. The summed E-state index contributed by atoms with van der Waals surface area (Å²) in [7, 11) is 0. The maximum absolute atomic E-state index is 5.01. The lowest BCUT2D eigenvalue weighted by Gasteiger charge is -2.30. The SMILES string of the molecule is C1=CNC(c2cc(-c3ccc(-c4ccc(-c5cccc6c5-c5ccccc5C65c6ccccc6-c6ccccc65)cc4)cc3)c3ccccc3n2)C=C1. The predicted octanol–water partition coefficient (Wildman–Crippen LogP) is 12.3. The Morgan fingerprint density at radius 3 is 1.62 bits per heavy atom. The van der Waals surface area contributed by atoms with E-state index >= 15 is 0 Å². The van der Waals surface area contributed by atoms with Crippen molar-refractivity contribution >= 4 is 10.9 Å². The van der Waals surface area contributed by atoms with Crippen LogP contribution >= 0.6 is 0 Å². The average molecular weight is 675 g/mol. The van der Waals surface area contributed by atoms with Gasteiger partial charge in [-0.3, -0.25) is 4.98 Å². The number of rotatable bonds is 4. The van der Waals surface area contributed by atoms with Gasteiger partial charge in [0.15, 0.2) is 0 Å². The smallest absolute Gasteiger partial charge is 0.0869 e. The molecule has 2 heterocycles. The first kappa shape index (κ1) is 29.9. The third kappa shape index (κ3) is 4.36. The fraction of sp³-hybridized carbons (Fsp3) is 0.0392. The summed E-state index contributed by atoms with van der Waals surface area (Å²) in [6.07, 6.45) is 8.22. The number of aromatic nitrogens is 1. The van der Waals surface area contributed by atoms with Crippen LogP contribution in [-0.2, 0) is 5.41 Å². The van der Waals surface area contributed by atoms with Crippen LogP contribution < -0.4 is 5.32 Å². The van der Waals surface area contributed by atoms with Gasteiger partial charge in [-0.2, -0.15) is 0 Å². The van der Waals surface area contributed by atoms with Gasteiger partial charge in [0.1, 0.15) is 0 Å². The van der Waals surface area contributed by atoms with Gasteiger partial charge in [0.2, 0.25) is 0 Å². The molecule has 7 aromatic carbocycles. The van der Waals surface area contributed by atoms with Crippen LogP contribution in [0.1, 0.15) is 34.0 Å². The lowest BCUT2D eigenvalue weighted by molar-refractivity contribution is 0.725. The van der Waals surface area contributed by atoms with Gasteiger partial charge >= 0.3 is 0 Å². The Labute approximate surface area is 309 Å². The number of hydrogen-bond acceptors (Lipinski definition) is 2. The van der Waals surface area contributed by atoms with Crippen LogP contribution in [0, 0.1) is 0 Å². The monoisotopic (exact) mass is 674 g/mol. The van der Waals surface area contributed by atoms with Gasteiger partial charge in [0.05, 0.1) is 22.7 Å². The second-order valence-corrected chi connectivity index (χ2v) is 14.3. The molecule has 1 N–H and O–H groups in total. The number of allylic oxidation sites excluding steroid dienone is 2.